The third-order valence-electron chi connectivity index (χ3n) is 3.43. The summed E-state index contributed by atoms with van der Waals surface area (Å²) in [6, 6.07) is 9.19. The van der Waals surface area contributed by atoms with Crippen LogP contribution in [0.3, 0.4) is 0 Å². The highest BCUT2D eigenvalue weighted by atomic mass is 35.5. The van der Waals surface area contributed by atoms with Gasteiger partial charge in [-0.2, -0.15) is 0 Å². The monoisotopic (exact) mass is 398 g/mol. The number of aryl methyl sites for hydroxylation is 1. The van der Waals surface area contributed by atoms with Crippen LogP contribution in [0, 0.1) is 6.92 Å². The van der Waals surface area contributed by atoms with E-state index in [1.807, 2.05) is 24.3 Å². The van der Waals surface area contributed by atoms with Crippen LogP contribution < -0.4 is 16.4 Å². The van der Waals surface area contributed by atoms with Gasteiger partial charge in [-0.15, -0.1) is 24.2 Å². The number of hydrogen-bond donors (Lipinski definition) is 3. The summed E-state index contributed by atoms with van der Waals surface area (Å²) in [6.07, 6.45) is 0.734. The Morgan fingerprint density at radius 1 is 1.31 bits per heavy atom. The van der Waals surface area contributed by atoms with E-state index in [-0.39, 0.29) is 35.2 Å². The molecular formula is C17H23ClN4O3S. The Hall–Kier alpha value is -2.19. The molecule has 0 fully saturated rings. The van der Waals surface area contributed by atoms with Gasteiger partial charge < -0.3 is 20.9 Å². The van der Waals surface area contributed by atoms with Gasteiger partial charge in [0.05, 0.1) is 11.0 Å². The molecule has 0 bridgehead atoms. The van der Waals surface area contributed by atoms with Crippen LogP contribution in [0.25, 0.3) is 0 Å². The summed E-state index contributed by atoms with van der Waals surface area (Å²) in [6.45, 7) is 4.03. The zero-order valence-corrected chi connectivity index (χ0v) is 16.3. The number of nitrogens with one attached hydrogen (secondary N) is 2. The molecule has 0 radical (unpaired) electrons. The molecule has 1 aromatic heterocycles. The molecule has 26 heavy (non-hydrogen) atoms. The highest BCUT2D eigenvalue weighted by molar-refractivity contribution is 8.01. The maximum Gasteiger partial charge on any atom is 0.238 e. The predicted octanol–water partition coefficient (Wildman–Crippen LogP) is 2.41. The van der Waals surface area contributed by atoms with Crippen molar-refractivity contribution < 1.29 is 14.1 Å². The van der Waals surface area contributed by atoms with Crippen LogP contribution in [-0.4, -0.2) is 34.5 Å². The normalized spacial score (nSPS) is 11.3. The zero-order chi connectivity index (χ0) is 18.2. The molecule has 2 amide bonds. The number of benzene rings is 1. The second-order valence-corrected chi connectivity index (χ2v) is 6.94. The number of anilines is 2. The van der Waals surface area contributed by atoms with Gasteiger partial charge in [0.2, 0.25) is 11.8 Å². The fourth-order valence-electron chi connectivity index (χ4n) is 2.01. The summed E-state index contributed by atoms with van der Waals surface area (Å²) in [7, 11) is 0. The van der Waals surface area contributed by atoms with Crippen LogP contribution >= 0.6 is 24.2 Å². The van der Waals surface area contributed by atoms with Crippen molar-refractivity contribution in [2.24, 2.45) is 0 Å². The Bertz CT molecular complexity index is 721. The molecule has 9 heteroatoms. The third-order valence-corrected chi connectivity index (χ3v) is 4.57. The lowest BCUT2D eigenvalue weighted by Crippen LogP contribution is -2.30. The molecule has 4 N–H and O–H groups in total. The lowest BCUT2D eigenvalue weighted by Gasteiger charge is -2.10. The second-order valence-electron chi connectivity index (χ2n) is 5.61. The standard InChI is InChI=1S/C17H22N4O3S.ClH/c1-11-9-15(21-24-11)20-17(23)12(2)25-10-16(22)19-8-7-13-3-5-14(18)6-4-13;/h3-6,9,12H,7-8,10,18H2,1-2H3,(H,19,22)(H,20,21,23);1H. The smallest absolute Gasteiger partial charge is 0.238 e. The number of carbonyl (C=O) groups is 2. The Morgan fingerprint density at radius 2 is 2.00 bits per heavy atom. The molecule has 0 saturated carbocycles. The van der Waals surface area contributed by atoms with Crippen molar-refractivity contribution in [3.8, 4) is 0 Å². The van der Waals surface area contributed by atoms with Gasteiger partial charge in [0.15, 0.2) is 5.82 Å². The van der Waals surface area contributed by atoms with Crippen molar-refractivity contribution in [1.82, 2.24) is 10.5 Å². The lowest BCUT2D eigenvalue weighted by atomic mass is 10.1. The van der Waals surface area contributed by atoms with Crippen molar-refractivity contribution >= 4 is 47.5 Å². The number of rotatable bonds is 8. The minimum Gasteiger partial charge on any atom is -0.399 e. The molecule has 1 atom stereocenters. The fourth-order valence-corrected chi connectivity index (χ4v) is 2.72. The van der Waals surface area contributed by atoms with E-state index in [9.17, 15) is 9.59 Å². The number of nitrogens with zero attached hydrogens (tertiary/aromatic N) is 1. The molecule has 142 valence electrons. The number of thioether (sulfide) groups is 1. The van der Waals surface area contributed by atoms with E-state index in [1.54, 1.807) is 19.9 Å². The van der Waals surface area contributed by atoms with Crippen LogP contribution in [0.1, 0.15) is 18.2 Å². The van der Waals surface area contributed by atoms with Gasteiger partial charge >= 0.3 is 0 Å². The Balaban J connectivity index is 0.00000338. The Morgan fingerprint density at radius 3 is 2.62 bits per heavy atom. The van der Waals surface area contributed by atoms with Gasteiger partial charge in [-0.25, -0.2) is 0 Å². The molecule has 0 aliphatic rings. The Kier molecular flexibility index (Phi) is 9.01. The van der Waals surface area contributed by atoms with Gasteiger partial charge in [-0.1, -0.05) is 17.3 Å². The van der Waals surface area contributed by atoms with Crippen LogP contribution in [0.15, 0.2) is 34.9 Å². The summed E-state index contributed by atoms with van der Waals surface area (Å²) in [5.74, 6) is 0.901. The van der Waals surface area contributed by atoms with Gasteiger partial charge in [0, 0.05) is 18.3 Å². The summed E-state index contributed by atoms with van der Waals surface area (Å²) in [5.41, 5.74) is 7.46. The molecule has 2 rings (SSSR count). The zero-order valence-electron chi connectivity index (χ0n) is 14.7. The molecule has 0 spiro atoms. The van der Waals surface area contributed by atoms with E-state index in [0.29, 0.717) is 18.1 Å². The SMILES string of the molecule is Cc1cc(NC(=O)C(C)SCC(=O)NCCc2ccc(N)cc2)no1.Cl. The van der Waals surface area contributed by atoms with Crippen molar-refractivity contribution in [1.29, 1.82) is 0 Å². The molecule has 7 nitrogen and oxygen atoms in total. The topological polar surface area (TPSA) is 110 Å². The first-order valence-corrected chi connectivity index (χ1v) is 8.96. The second kappa shape index (κ2) is 10.7. The van der Waals surface area contributed by atoms with Gasteiger partial charge in [-0.3, -0.25) is 9.59 Å². The first-order chi connectivity index (χ1) is 11.9. The first-order valence-electron chi connectivity index (χ1n) is 7.91. The average Bonchev–Trinajstić information content (AvgIpc) is 2.99. The number of nitrogen functional groups attached to an aromatic ring is 1. The number of hydrogen-bond acceptors (Lipinski definition) is 6. The van der Waals surface area contributed by atoms with E-state index in [0.717, 1.165) is 17.7 Å². The highest BCUT2D eigenvalue weighted by Crippen LogP contribution is 2.14. The number of carbonyl (C=O) groups excluding carboxylic acids is 2. The van der Waals surface area contributed by atoms with E-state index in [1.165, 1.54) is 11.8 Å². The molecule has 1 aromatic carbocycles. The molecule has 0 aliphatic heterocycles. The van der Waals surface area contributed by atoms with Crippen LogP contribution in [0.5, 0.6) is 0 Å². The molecule has 0 aliphatic carbocycles. The molecule has 1 heterocycles. The highest BCUT2D eigenvalue weighted by Gasteiger charge is 2.16. The van der Waals surface area contributed by atoms with E-state index in [2.05, 4.69) is 15.8 Å². The fraction of sp³-hybridized carbons (Fsp3) is 0.353. The summed E-state index contributed by atoms with van der Waals surface area (Å²) in [4.78, 5) is 23.9. The Labute approximate surface area is 162 Å². The van der Waals surface area contributed by atoms with Crippen molar-refractivity contribution in [3.63, 3.8) is 0 Å². The van der Waals surface area contributed by atoms with Crippen molar-refractivity contribution in [3.05, 3.63) is 41.7 Å². The lowest BCUT2D eigenvalue weighted by molar-refractivity contribution is -0.118. The summed E-state index contributed by atoms with van der Waals surface area (Å²) in [5, 5.41) is 8.82. The molecule has 0 saturated heterocycles. The van der Waals surface area contributed by atoms with Crippen molar-refractivity contribution in [2.45, 2.75) is 25.5 Å². The maximum absolute atomic E-state index is 12.0. The van der Waals surface area contributed by atoms with Gasteiger partial charge in [-0.05, 0) is 38.0 Å². The quantitative estimate of drug-likeness (QED) is 0.589. The number of halogens is 1. The van der Waals surface area contributed by atoms with E-state index >= 15 is 0 Å². The first kappa shape index (κ1) is 21.9. The minimum absolute atomic E-state index is 0. The number of nitrogens with two attached hydrogens (primary N) is 1. The van der Waals surface area contributed by atoms with Crippen molar-refractivity contribution in [2.75, 3.05) is 23.3 Å². The molecule has 2 aromatic rings. The van der Waals surface area contributed by atoms with Crippen LogP contribution in [0.2, 0.25) is 0 Å². The van der Waals surface area contributed by atoms with E-state index in [4.69, 9.17) is 10.3 Å². The number of aromatic nitrogens is 1. The predicted molar refractivity (Wildman–Crippen MR) is 107 cm³/mol. The number of amides is 2. The third kappa shape index (κ3) is 7.37. The summed E-state index contributed by atoms with van der Waals surface area (Å²) < 4.78 is 4.89. The molecular weight excluding hydrogens is 376 g/mol. The average molecular weight is 399 g/mol. The van der Waals surface area contributed by atoms with Crippen LogP contribution in [0.4, 0.5) is 11.5 Å². The summed E-state index contributed by atoms with van der Waals surface area (Å²) >= 11 is 1.27. The van der Waals surface area contributed by atoms with Crippen LogP contribution in [-0.2, 0) is 16.0 Å². The largest absolute Gasteiger partial charge is 0.399 e. The minimum atomic E-state index is -0.375. The molecule has 1 unspecified atom stereocenters. The van der Waals surface area contributed by atoms with Gasteiger partial charge in [0.1, 0.15) is 5.76 Å². The van der Waals surface area contributed by atoms with Gasteiger partial charge in [0.25, 0.3) is 0 Å². The maximum atomic E-state index is 12.0. The van der Waals surface area contributed by atoms with E-state index < -0.39 is 0 Å².